The summed E-state index contributed by atoms with van der Waals surface area (Å²) in [7, 11) is 0. The summed E-state index contributed by atoms with van der Waals surface area (Å²) in [6.45, 7) is 0. The van der Waals surface area contributed by atoms with Crippen LogP contribution in [0.5, 0.6) is 5.75 Å². The number of phenolic OH excluding ortho intramolecular Hbond substituents is 1. The number of hydrogen-bond acceptors (Lipinski definition) is 2. The maximum Gasteiger partial charge on any atom is 0.327 e. The van der Waals surface area contributed by atoms with Crippen molar-refractivity contribution < 1.29 is 15.0 Å². The van der Waals surface area contributed by atoms with Gasteiger partial charge in [-0.2, -0.15) is 0 Å². The van der Waals surface area contributed by atoms with E-state index in [1.165, 1.54) is 0 Å². The second kappa shape index (κ2) is 5.43. The number of halogens is 1. The molecule has 5 heteroatoms. The van der Waals surface area contributed by atoms with Crippen molar-refractivity contribution in [1.82, 2.24) is 4.57 Å². The van der Waals surface area contributed by atoms with Crippen molar-refractivity contribution in [1.29, 1.82) is 0 Å². The topological polar surface area (TPSA) is 62.5 Å². The molecule has 2 N–H and O–H groups in total. The summed E-state index contributed by atoms with van der Waals surface area (Å²) in [5, 5.41) is 18.7. The van der Waals surface area contributed by atoms with Gasteiger partial charge in [0.1, 0.15) is 11.8 Å². The standard InChI is InChI=1S/C13H12INO3/c14-10-7-9(3-4-12(10)16)8-11(13(17)18)15-5-1-2-6-15/h1-7,11,16H,8H2,(H,17,18). The smallest absolute Gasteiger partial charge is 0.327 e. The first-order valence-corrected chi connectivity index (χ1v) is 6.48. The summed E-state index contributed by atoms with van der Waals surface area (Å²) in [6, 6.07) is 8.12. The zero-order valence-electron chi connectivity index (χ0n) is 9.45. The first kappa shape index (κ1) is 12.9. The highest BCUT2D eigenvalue weighted by Gasteiger charge is 2.19. The number of hydrogen-bond donors (Lipinski definition) is 2. The van der Waals surface area contributed by atoms with E-state index in [0.29, 0.717) is 6.42 Å². The Hall–Kier alpha value is -1.50. The summed E-state index contributed by atoms with van der Waals surface area (Å²) >= 11 is 2.02. The second-order valence-corrected chi connectivity index (χ2v) is 5.14. The van der Waals surface area contributed by atoms with Crippen LogP contribution in [-0.4, -0.2) is 20.7 Å². The minimum Gasteiger partial charge on any atom is -0.507 e. The lowest BCUT2D eigenvalue weighted by molar-refractivity contribution is -0.140. The number of carboxylic acid groups (broad SMARTS) is 1. The Morgan fingerprint density at radius 1 is 1.33 bits per heavy atom. The van der Waals surface area contributed by atoms with Crippen LogP contribution in [0.2, 0.25) is 0 Å². The zero-order chi connectivity index (χ0) is 13.1. The fourth-order valence-corrected chi connectivity index (χ4v) is 2.36. The molecule has 0 aliphatic carbocycles. The van der Waals surface area contributed by atoms with Crippen LogP contribution in [0, 0.1) is 3.57 Å². The Labute approximate surface area is 118 Å². The molecular formula is C13H12INO3. The van der Waals surface area contributed by atoms with Crippen LogP contribution >= 0.6 is 22.6 Å². The van der Waals surface area contributed by atoms with Gasteiger partial charge in [-0.15, -0.1) is 0 Å². The molecule has 0 aliphatic rings. The molecule has 18 heavy (non-hydrogen) atoms. The number of nitrogens with zero attached hydrogens (tertiary/aromatic N) is 1. The normalized spacial score (nSPS) is 12.3. The van der Waals surface area contributed by atoms with E-state index in [-0.39, 0.29) is 5.75 Å². The molecule has 1 aromatic carbocycles. The number of rotatable bonds is 4. The molecule has 2 aromatic rings. The summed E-state index contributed by atoms with van der Waals surface area (Å²) in [5.74, 6) is -0.651. The minimum atomic E-state index is -0.866. The number of carboxylic acids is 1. The Balaban J connectivity index is 2.24. The number of benzene rings is 1. The Bertz CT molecular complexity index is 551. The molecule has 0 fully saturated rings. The summed E-state index contributed by atoms with van der Waals surface area (Å²) in [6.07, 6.45) is 3.87. The van der Waals surface area contributed by atoms with Crippen molar-refractivity contribution in [3.63, 3.8) is 0 Å². The Kier molecular flexibility index (Phi) is 3.90. The number of carbonyl (C=O) groups is 1. The average Bonchev–Trinajstić information content (AvgIpc) is 2.83. The van der Waals surface area contributed by atoms with Gasteiger partial charge in [0.25, 0.3) is 0 Å². The molecule has 0 saturated carbocycles. The van der Waals surface area contributed by atoms with Crippen molar-refractivity contribution in [2.75, 3.05) is 0 Å². The lowest BCUT2D eigenvalue weighted by atomic mass is 10.1. The highest BCUT2D eigenvalue weighted by molar-refractivity contribution is 14.1. The van der Waals surface area contributed by atoms with E-state index in [1.54, 1.807) is 47.3 Å². The Morgan fingerprint density at radius 3 is 2.56 bits per heavy atom. The van der Waals surface area contributed by atoms with Crippen LogP contribution in [0.15, 0.2) is 42.7 Å². The molecule has 2 rings (SSSR count). The number of phenols is 1. The first-order valence-electron chi connectivity index (χ1n) is 5.40. The van der Waals surface area contributed by atoms with E-state index in [0.717, 1.165) is 9.13 Å². The minimum absolute atomic E-state index is 0.215. The molecule has 0 saturated heterocycles. The van der Waals surface area contributed by atoms with Crippen molar-refractivity contribution in [2.45, 2.75) is 12.5 Å². The predicted molar refractivity (Wildman–Crippen MR) is 75.6 cm³/mol. The SMILES string of the molecule is O=C(O)C(Cc1ccc(O)c(I)c1)n1cccc1. The van der Waals surface area contributed by atoms with Crippen molar-refractivity contribution in [2.24, 2.45) is 0 Å². The molecule has 4 nitrogen and oxygen atoms in total. The van der Waals surface area contributed by atoms with E-state index >= 15 is 0 Å². The van der Waals surface area contributed by atoms with Gasteiger partial charge in [0.05, 0.1) is 3.57 Å². The molecule has 1 aromatic heterocycles. The van der Waals surface area contributed by atoms with Gasteiger partial charge in [-0.1, -0.05) is 6.07 Å². The summed E-state index contributed by atoms with van der Waals surface area (Å²) in [4.78, 5) is 11.3. The quantitative estimate of drug-likeness (QED) is 0.828. The molecule has 0 radical (unpaired) electrons. The van der Waals surface area contributed by atoms with Gasteiger partial charge < -0.3 is 14.8 Å². The molecule has 0 aliphatic heterocycles. The van der Waals surface area contributed by atoms with Crippen molar-refractivity contribution in [3.05, 3.63) is 51.9 Å². The molecular weight excluding hydrogens is 345 g/mol. The van der Waals surface area contributed by atoms with Gasteiger partial charge >= 0.3 is 5.97 Å². The molecule has 1 atom stereocenters. The van der Waals surface area contributed by atoms with E-state index in [1.807, 2.05) is 22.6 Å². The van der Waals surface area contributed by atoms with Gasteiger partial charge in [0.2, 0.25) is 0 Å². The molecule has 1 heterocycles. The fourth-order valence-electron chi connectivity index (χ4n) is 1.78. The highest BCUT2D eigenvalue weighted by Crippen LogP contribution is 2.23. The van der Waals surface area contributed by atoms with E-state index < -0.39 is 12.0 Å². The summed E-state index contributed by atoms with van der Waals surface area (Å²) < 4.78 is 2.39. The monoisotopic (exact) mass is 357 g/mol. The van der Waals surface area contributed by atoms with E-state index in [9.17, 15) is 15.0 Å². The van der Waals surface area contributed by atoms with Gasteiger partial charge in [0.15, 0.2) is 0 Å². The number of aliphatic carboxylic acids is 1. The fraction of sp³-hybridized carbons (Fsp3) is 0.154. The number of aromatic nitrogens is 1. The van der Waals surface area contributed by atoms with Gasteiger partial charge in [-0.05, 0) is 52.4 Å². The maximum absolute atomic E-state index is 11.3. The summed E-state index contributed by atoms with van der Waals surface area (Å²) in [5.41, 5.74) is 0.887. The van der Waals surface area contributed by atoms with Gasteiger partial charge in [0, 0.05) is 18.8 Å². The van der Waals surface area contributed by atoms with Crippen LogP contribution in [0.3, 0.4) is 0 Å². The van der Waals surface area contributed by atoms with Gasteiger partial charge in [-0.25, -0.2) is 4.79 Å². The van der Waals surface area contributed by atoms with Crippen LogP contribution in [-0.2, 0) is 11.2 Å². The zero-order valence-corrected chi connectivity index (χ0v) is 11.6. The molecule has 0 bridgehead atoms. The highest BCUT2D eigenvalue weighted by atomic mass is 127. The third-order valence-electron chi connectivity index (χ3n) is 2.71. The van der Waals surface area contributed by atoms with E-state index in [2.05, 4.69) is 0 Å². The van der Waals surface area contributed by atoms with Crippen LogP contribution < -0.4 is 0 Å². The van der Waals surface area contributed by atoms with Crippen LogP contribution in [0.4, 0.5) is 0 Å². The predicted octanol–water partition coefficient (Wildman–Crippen LogP) is 2.67. The number of aromatic hydroxyl groups is 1. The van der Waals surface area contributed by atoms with E-state index in [4.69, 9.17) is 0 Å². The van der Waals surface area contributed by atoms with Crippen molar-refractivity contribution >= 4 is 28.6 Å². The van der Waals surface area contributed by atoms with Crippen molar-refractivity contribution in [3.8, 4) is 5.75 Å². The van der Waals surface area contributed by atoms with Gasteiger partial charge in [-0.3, -0.25) is 0 Å². The first-order chi connectivity index (χ1) is 8.58. The van der Waals surface area contributed by atoms with Crippen LogP contribution in [0.25, 0.3) is 0 Å². The maximum atomic E-state index is 11.3. The largest absolute Gasteiger partial charge is 0.507 e. The third-order valence-corrected chi connectivity index (χ3v) is 3.58. The molecule has 0 spiro atoms. The second-order valence-electron chi connectivity index (χ2n) is 3.97. The molecule has 1 unspecified atom stereocenters. The molecule has 94 valence electrons. The lowest BCUT2D eigenvalue weighted by Gasteiger charge is -2.14. The Morgan fingerprint density at radius 2 is 2.00 bits per heavy atom. The third kappa shape index (κ3) is 2.84. The molecule has 0 amide bonds. The average molecular weight is 357 g/mol. The van der Waals surface area contributed by atoms with Crippen LogP contribution in [0.1, 0.15) is 11.6 Å². The lowest BCUT2D eigenvalue weighted by Crippen LogP contribution is -2.20.